The number of aromatic nitrogens is 2. The van der Waals surface area contributed by atoms with E-state index in [-0.39, 0.29) is 17.9 Å². The number of nitrogens with one attached hydrogen (secondary N) is 2. The highest BCUT2D eigenvalue weighted by molar-refractivity contribution is 6.02. The van der Waals surface area contributed by atoms with Crippen LogP contribution in [0, 0.1) is 0 Å². The van der Waals surface area contributed by atoms with Gasteiger partial charge in [0, 0.05) is 23.9 Å². The molecule has 4 aromatic rings. The summed E-state index contributed by atoms with van der Waals surface area (Å²) in [4.78, 5) is 31.6. The van der Waals surface area contributed by atoms with Crippen LogP contribution < -0.4 is 10.9 Å². The highest BCUT2D eigenvalue weighted by atomic mass is 16.1. The second-order valence-corrected chi connectivity index (χ2v) is 6.10. The first-order valence-corrected chi connectivity index (χ1v) is 8.46. The quantitative estimate of drug-likeness (QED) is 0.594. The molecule has 0 radical (unpaired) electrons. The Hall–Kier alpha value is -3.47. The molecule has 0 aliphatic carbocycles. The fourth-order valence-electron chi connectivity index (χ4n) is 3.03. The Morgan fingerprint density at radius 3 is 2.54 bits per heavy atom. The molecule has 0 saturated carbocycles. The van der Waals surface area contributed by atoms with Gasteiger partial charge in [0.05, 0.1) is 10.9 Å². The second-order valence-electron chi connectivity index (χ2n) is 6.10. The van der Waals surface area contributed by atoms with E-state index in [1.165, 1.54) is 0 Å². The second kappa shape index (κ2) is 6.80. The predicted molar refractivity (Wildman–Crippen MR) is 103 cm³/mol. The lowest BCUT2D eigenvalue weighted by Gasteiger charge is -2.09. The van der Waals surface area contributed by atoms with Crippen molar-refractivity contribution >= 4 is 33.3 Å². The molecule has 5 nitrogen and oxygen atoms in total. The molecule has 1 heterocycles. The molecule has 0 aliphatic rings. The molecule has 0 bridgehead atoms. The summed E-state index contributed by atoms with van der Waals surface area (Å²) in [6.07, 6.45) is 0.612. The number of carbonyl (C=O) groups excluding carboxylic acids is 1. The number of hydrogen-bond donors (Lipinski definition) is 2. The maximum atomic E-state index is 12.3. The average molecular weight is 343 g/mol. The smallest absolute Gasteiger partial charge is 0.258 e. The zero-order valence-electron chi connectivity index (χ0n) is 14.0. The first-order valence-electron chi connectivity index (χ1n) is 8.46. The van der Waals surface area contributed by atoms with Crippen LogP contribution in [0.2, 0.25) is 0 Å². The minimum Gasteiger partial charge on any atom is -0.326 e. The van der Waals surface area contributed by atoms with Gasteiger partial charge < -0.3 is 10.3 Å². The Bertz CT molecular complexity index is 1160. The van der Waals surface area contributed by atoms with E-state index in [9.17, 15) is 9.59 Å². The van der Waals surface area contributed by atoms with E-state index in [0.29, 0.717) is 23.1 Å². The molecule has 0 unspecified atom stereocenters. The van der Waals surface area contributed by atoms with E-state index >= 15 is 0 Å². The summed E-state index contributed by atoms with van der Waals surface area (Å²) in [7, 11) is 0. The molecule has 0 spiro atoms. The lowest BCUT2D eigenvalue weighted by atomic mass is 10.1. The number of aromatic amines is 1. The first kappa shape index (κ1) is 16.0. The monoisotopic (exact) mass is 343 g/mol. The molecule has 0 saturated heterocycles. The van der Waals surface area contributed by atoms with Crippen LogP contribution in [0.4, 0.5) is 5.69 Å². The summed E-state index contributed by atoms with van der Waals surface area (Å²) in [6.45, 7) is 0. The number of benzene rings is 3. The molecular formula is C21H17N3O2. The van der Waals surface area contributed by atoms with Gasteiger partial charge in [0.1, 0.15) is 5.82 Å². The van der Waals surface area contributed by atoms with Crippen molar-refractivity contribution in [1.29, 1.82) is 0 Å². The van der Waals surface area contributed by atoms with Gasteiger partial charge in [-0.05, 0) is 23.6 Å². The molecule has 2 N–H and O–H groups in total. The number of amides is 1. The number of H-pyrrole nitrogens is 1. The first-order chi connectivity index (χ1) is 12.7. The Balaban J connectivity index is 1.50. The van der Waals surface area contributed by atoms with Crippen molar-refractivity contribution in [2.24, 2.45) is 0 Å². The van der Waals surface area contributed by atoms with Gasteiger partial charge in [-0.3, -0.25) is 9.59 Å². The van der Waals surface area contributed by atoms with Gasteiger partial charge in [-0.1, -0.05) is 48.5 Å². The SMILES string of the molecule is O=C(CCc1nc2ccccc2c(=O)[nH]1)Nc1cccc2ccccc12. The minimum atomic E-state index is -0.180. The van der Waals surface area contributed by atoms with Gasteiger partial charge in [0.25, 0.3) is 5.56 Å². The van der Waals surface area contributed by atoms with Gasteiger partial charge in [-0.2, -0.15) is 0 Å². The summed E-state index contributed by atoms with van der Waals surface area (Å²) >= 11 is 0. The fraction of sp³-hybridized carbons (Fsp3) is 0.0952. The lowest BCUT2D eigenvalue weighted by Crippen LogP contribution is -2.16. The summed E-state index contributed by atoms with van der Waals surface area (Å²) in [5.74, 6) is 0.402. The van der Waals surface area contributed by atoms with E-state index < -0.39 is 0 Å². The molecule has 0 fully saturated rings. The molecule has 1 amide bonds. The number of nitrogens with zero attached hydrogens (tertiary/aromatic N) is 1. The number of aryl methyl sites for hydroxylation is 1. The Morgan fingerprint density at radius 2 is 1.65 bits per heavy atom. The Labute approximate surface area is 149 Å². The molecule has 5 heteroatoms. The van der Waals surface area contributed by atoms with Crippen LogP contribution in [0.25, 0.3) is 21.7 Å². The molecule has 0 atom stereocenters. The average Bonchev–Trinajstić information content (AvgIpc) is 2.67. The van der Waals surface area contributed by atoms with Crippen LogP contribution in [0.15, 0.2) is 71.5 Å². The van der Waals surface area contributed by atoms with Gasteiger partial charge in [-0.25, -0.2) is 4.98 Å². The third kappa shape index (κ3) is 3.19. The van der Waals surface area contributed by atoms with Crippen molar-refractivity contribution in [2.75, 3.05) is 5.32 Å². The van der Waals surface area contributed by atoms with Gasteiger partial charge in [0.2, 0.25) is 5.91 Å². The van der Waals surface area contributed by atoms with Crippen molar-refractivity contribution < 1.29 is 4.79 Å². The molecular weight excluding hydrogens is 326 g/mol. The van der Waals surface area contributed by atoms with E-state index in [1.807, 2.05) is 48.5 Å². The van der Waals surface area contributed by atoms with Gasteiger partial charge in [-0.15, -0.1) is 0 Å². The van der Waals surface area contributed by atoms with E-state index in [1.54, 1.807) is 18.2 Å². The number of rotatable bonds is 4. The van der Waals surface area contributed by atoms with E-state index in [4.69, 9.17) is 0 Å². The van der Waals surface area contributed by atoms with Crippen LogP contribution in [-0.2, 0) is 11.2 Å². The molecule has 3 aromatic carbocycles. The van der Waals surface area contributed by atoms with Crippen molar-refractivity contribution in [3.8, 4) is 0 Å². The fourth-order valence-corrected chi connectivity index (χ4v) is 3.03. The van der Waals surface area contributed by atoms with Crippen LogP contribution in [0.3, 0.4) is 0 Å². The third-order valence-electron chi connectivity index (χ3n) is 4.31. The third-order valence-corrected chi connectivity index (χ3v) is 4.31. The summed E-state index contributed by atoms with van der Waals surface area (Å²) in [6, 6.07) is 20.9. The van der Waals surface area contributed by atoms with Crippen LogP contribution in [0.5, 0.6) is 0 Å². The number of fused-ring (bicyclic) bond motifs is 2. The number of hydrogen-bond acceptors (Lipinski definition) is 3. The zero-order valence-corrected chi connectivity index (χ0v) is 14.0. The maximum Gasteiger partial charge on any atom is 0.258 e. The van der Waals surface area contributed by atoms with Crippen LogP contribution >= 0.6 is 0 Å². The Morgan fingerprint density at radius 1 is 0.923 bits per heavy atom. The number of carbonyl (C=O) groups is 1. The summed E-state index contributed by atoms with van der Waals surface area (Å²) < 4.78 is 0. The molecule has 1 aromatic heterocycles. The number of para-hydroxylation sites is 1. The Kier molecular flexibility index (Phi) is 4.19. The van der Waals surface area contributed by atoms with Gasteiger partial charge in [0.15, 0.2) is 0 Å². The van der Waals surface area contributed by atoms with Gasteiger partial charge >= 0.3 is 0 Å². The van der Waals surface area contributed by atoms with Crippen molar-refractivity contribution in [2.45, 2.75) is 12.8 Å². The summed E-state index contributed by atoms with van der Waals surface area (Å²) in [5, 5.41) is 5.58. The molecule has 0 aliphatic heterocycles. The number of anilines is 1. The lowest BCUT2D eigenvalue weighted by molar-refractivity contribution is -0.116. The van der Waals surface area contributed by atoms with Crippen molar-refractivity contribution in [3.05, 3.63) is 82.9 Å². The van der Waals surface area contributed by atoms with Crippen LogP contribution in [0.1, 0.15) is 12.2 Å². The standard InChI is InChI=1S/C21H17N3O2/c25-20(23-17-11-5-7-14-6-1-2-8-15(14)17)13-12-19-22-18-10-4-3-9-16(18)21(26)24-19/h1-11H,12-13H2,(H,23,25)(H,22,24,26). The molecule has 128 valence electrons. The topological polar surface area (TPSA) is 74.8 Å². The largest absolute Gasteiger partial charge is 0.326 e. The maximum absolute atomic E-state index is 12.3. The van der Waals surface area contributed by atoms with Crippen molar-refractivity contribution in [3.63, 3.8) is 0 Å². The van der Waals surface area contributed by atoms with E-state index in [2.05, 4.69) is 15.3 Å². The van der Waals surface area contributed by atoms with Crippen molar-refractivity contribution in [1.82, 2.24) is 9.97 Å². The van der Waals surface area contributed by atoms with E-state index in [0.717, 1.165) is 16.5 Å². The molecule has 4 rings (SSSR count). The normalized spacial score (nSPS) is 10.9. The minimum absolute atomic E-state index is 0.114. The van der Waals surface area contributed by atoms with Crippen LogP contribution in [-0.4, -0.2) is 15.9 Å². The highest BCUT2D eigenvalue weighted by Crippen LogP contribution is 2.23. The molecule has 26 heavy (non-hydrogen) atoms. The summed E-state index contributed by atoms with van der Waals surface area (Å²) in [5.41, 5.74) is 1.24. The predicted octanol–water partition coefficient (Wildman–Crippen LogP) is 3.65. The zero-order chi connectivity index (χ0) is 17.9. The highest BCUT2D eigenvalue weighted by Gasteiger charge is 2.08.